The number of nitrogens with zero attached hydrogens (tertiary/aromatic N) is 1. The molecule has 2 unspecified atom stereocenters. The smallest absolute Gasteiger partial charge is 0.257 e. The van der Waals surface area contributed by atoms with Gasteiger partial charge in [0.15, 0.2) is 0 Å². The molecule has 7 heteroatoms. The minimum atomic E-state index is -0.462. The van der Waals surface area contributed by atoms with Gasteiger partial charge in [0.05, 0.1) is 17.9 Å². The second-order valence-electron chi connectivity index (χ2n) is 6.00. The van der Waals surface area contributed by atoms with Gasteiger partial charge in [0.1, 0.15) is 6.26 Å². The van der Waals surface area contributed by atoms with E-state index in [4.69, 9.17) is 10.2 Å². The molecule has 0 bridgehead atoms. The summed E-state index contributed by atoms with van der Waals surface area (Å²) in [7, 11) is 0. The molecule has 2 atom stereocenters. The first kappa shape index (κ1) is 19.5. The van der Waals surface area contributed by atoms with Gasteiger partial charge < -0.3 is 20.4 Å². The summed E-state index contributed by atoms with van der Waals surface area (Å²) in [6.45, 7) is 5.27. The van der Waals surface area contributed by atoms with E-state index >= 15 is 0 Å². The lowest BCUT2D eigenvalue weighted by atomic mass is 9.98. The van der Waals surface area contributed by atoms with Crippen LogP contribution in [0, 0.1) is 5.92 Å². The van der Waals surface area contributed by atoms with Crippen molar-refractivity contribution in [3.63, 3.8) is 0 Å². The van der Waals surface area contributed by atoms with Crippen molar-refractivity contribution in [3.8, 4) is 0 Å². The van der Waals surface area contributed by atoms with Crippen LogP contribution in [0.25, 0.3) is 0 Å². The molecule has 1 aromatic heterocycles. The predicted octanol–water partition coefficient (Wildman–Crippen LogP) is 1.80. The number of rotatable bonds is 5. The maximum absolute atomic E-state index is 12.2. The van der Waals surface area contributed by atoms with Crippen LogP contribution in [0.1, 0.15) is 43.5 Å². The highest BCUT2D eigenvalue weighted by Crippen LogP contribution is 2.15. The van der Waals surface area contributed by atoms with Gasteiger partial charge in [-0.3, -0.25) is 9.59 Å². The van der Waals surface area contributed by atoms with Crippen molar-refractivity contribution in [2.24, 2.45) is 11.7 Å². The fourth-order valence-electron chi connectivity index (χ4n) is 2.61. The SMILES string of the molecule is CCC(C)C(N)C(=O)NC1CCN(C(=O)c2ccoc2)CC1.Cl. The molecular formula is C16H26ClN3O3. The molecule has 1 fully saturated rings. The van der Waals surface area contributed by atoms with Crippen molar-refractivity contribution in [3.05, 3.63) is 24.2 Å². The number of carbonyl (C=O) groups excluding carboxylic acids is 2. The second kappa shape index (κ2) is 8.93. The Morgan fingerprint density at radius 1 is 1.43 bits per heavy atom. The molecule has 3 N–H and O–H groups in total. The molecule has 0 spiro atoms. The lowest BCUT2D eigenvalue weighted by Gasteiger charge is -2.33. The monoisotopic (exact) mass is 343 g/mol. The molecule has 1 saturated heterocycles. The van der Waals surface area contributed by atoms with E-state index in [1.165, 1.54) is 12.5 Å². The number of hydrogen-bond donors (Lipinski definition) is 2. The quantitative estimate of drug-likeness (QED) is 0.853. The van der Waals surface area contributed by atoms with Crippen molar-refractivity contribution in [1.29, 1.82) is 0 Å². The van der Waals surface area contributed by atoms with E-state index in [0.29, 0.717) is 18.7 Å². The Morgan fingerprint density at radius 3 is 2.61 bits per heavy atom. The second-order valence-corrected chi connectivity index (χ2v) is 6.00. The Hall–Kier alpha value is -1.53. The topological polar surface area (TPSA) is 88.6 Å². The number of carbonyl (C=O) groups is 2. The van der Waals surface area contributed by atoms with Crippen LogP contribution in [0.3, 0.4) is 0 Å². The molecule has 0 saturated carbocycles. The number of furan rings is 1. The molecule has 1 aromatic rings. The molecule has 2 rings (SSSR count). The summed E-state index contributed by atoms with van der Waals surface area (Å²) in [5.41, 5.74) is 6.51. The number of piperidine rings is 1. The van der Waals surface area contributed by atoms with Gasteiger partial charge in [0, 0.05) is 19.1 Å². The van der Waals surface area contributed by atoms with E-state index in [9.17, 15) is 9.59 Å². The first-order valence-electron chi connectivity index (χ1n) is 7.90. The van der Waals surface area contributed by atoms with E-state index in [2.05, 4.69) is 5.32 Å². The third kappa shape index (κ3) is 4.97. The highest BCUT2D eigenvalue weighted by Gasteiger charge is 2.27. The fourth-order valence-corrected chi connectivity index (χ4v) is 2.61. The highest BCUT2D eigenvalue weighted by molar-refractivity contribution is 5.93. The maximum atomic E-state index is 12.2. The standard InChI is InChI=1S/C16H25N3O3.ClH/c1-3-11(2)14(17)15(20)18-13-4-7-19(8-5-13)16(21)12-6-9-22-10-12;/h6,9-11,13-14H,3-5,7-8,17H2,1-2H3,(H,18,20);1H. The predicted molar refractivity (Wildman–Crippen MR) is 90.5 cm³/mol. The lowest BCUT2D eigenvalue weighted by molar-refractivity contribution is -0.124. The van der Waals surface area contributed by atoms with Crippen LogP contribution in [0.4, 0.5) is 0 Å². The lowest BCUT2D eigenvalue weighted by Crippen LogP contribution is -2.52. The van der Waals surface area contributed by atoms with Crippen LogP contribution in [0.15, 0.2) is 23.0 Å². The highest BCUT2D eigenvalue weighted by atomic mass is 35.5. The Bertz CT molecular complexity index is 499. The van der Waals surface area contributed by atoms with Gasteiger partial charge in [-0.25, -0.2) is 0 Å². The minimum Gasteiger partial charge on any atom is -0.472 e. The molecule has 1 aliphatic rings. The van der Waals surface area contributed by atoms with Crippen LogP contribution < -0.4 is 11.1 Å². The zero-order valence-corrected chi connectivity index (χ0v) is 14.5. The van der Waals surface area contributed by atoms with E-state index in [1.54, 1.807) is 11.0 Å². The summed E-state index contributed by atoms with van der Waals surface area (Å²) < 4.78 is 4.94. The summed E-state index contributed by atoms with van der Waals surface area (Å²) in [5, 5.41) is 3.01. The fraction of sp³-hybridized carbons (Fsp3) is 0.625. The first-order chi connectivity index (χ1) is 10.5. The molecular weight excluding hydrogens is 318 g/mol. The summed E-state index contributed by atoms with van der Waals surface area (Å²) in [6, 6.07) is 1.30. The molecule has 0 aliphatic carbocycles. The van der Waals surface area contributed by atoms with Gasteiger partial charge in [-0.1, -0.05) is 20.3 Å². The van der Waals surface area contributed by atoms with Gasteiger partial charge in [0.2, 0.25) is 5.91 Å². The average molecular weight is 344 g/mol. The number of halogens is 1. The van der Waals surface area contributed by atoms with Crippen molar-refractivity contribution < 1.29 is 14.0 Å². The zero-order chi connectivity index (χ0) is 16.1. The first-order valence-corrected chi connectivity index (χ1v) is 7.90. The summed E-state index contributed by atoms with van der Waals surface area (Å²) in [5.74, 6) is 0.0616. The zero-order valence-electron chi connectivity index (χ0n) is 13.7. The van der Waals surface area contributed by atoms with E-state index in [1.807, 2.05) is 13.8 Å². The third-order valence-electron chi connectivity index (χ3n) is 4.46. The van der Waals surface area contributed by atoms with Crippen molar-refractivity contribution in [1.82, 2.24) is 10.2 Å². The largest absolute Gasteiger partial charge is 0.472 e. The molecule has 2 amide bonds. The van der Waals surface area contributed by atoms with Crippen LogP contribution in [-0.4, -0.2) is 41.9 Å². The molecule has 2 heterocycles. The Labute approximate surface area is 143 Å². The van der Waals surface area contributed by atoms with Gasteiger partial charge in [0.25, 0.3) is 5.91 Å². The summed E-state index contributed by atoms with van der Waals surface area (Å²) in [4.78, 5) is 26.1. The Morgan fingerprint density at radius 2 is 2.09 bits per heavy atom. The molecule has 0 radical (unpaired) electrons. The van der Waals surface area contributed by atoms with Crippen molar-refractivity contribution >= 4 is 24.2 Å². The van der Waals surface area contributed by atoms with Crippen LogP contribution in [-0.2, 0) is 4.79 Å². The van der Waals surface area contributed by atoms with E-state index in [0.717, 1.165) is 19.3 Å². The maximum Gasteiger partial charge on any atom is 0.257 e. The van der Waals surface area contributed by atoms with Crippen LogP contribution in [0.2, 0.25) is 0 Å². The summed E-state index contributed by atoms with van der Waals surface area (Å²) >= 11 is 0. The van der Waals surface area contributed by atoms with Crippen LogP contribution in [0.5, 0.6) is 0 Å². The normalized spacial score (nSPS) is 18.0. The van der Waals surface area contributed by atoms with E-state index in [-0.39, 0.29) is 36.2 Å². The number of nitrogens with one attached hydrogen (secondary N) is 1. The Balaban J connectivity index is 0.00000264. The summed E-state index contributed by atoms with van der Waals surface area (Å²) in [6.07, 6.45) is 5.34. The molecule has 6 nitrogen and oxygen atoms in total. The molecule has 23 heavy (non-hydrogen) atoms. The molecule has 130 valence electrons. The number of amides is 2. The van der Waals surface area contributed by atoms with Gasteiger partial charge in [-0.2, -0.15) is 0 Å². The van der Waals surface area contributed by atoms with E-state index < -0.39 is 6.04 Å². The number of hydrogen-bond acceptors (Lipinski definition) is 4. The molecule has 0 aromatic carbocycles. The molecule has 1 aliphatic heterocycles. The van der Waals surface area contributed by atoms with Crippen molar-refractivity contribution in [2.75, 3.05) is 13.1 Å². The van der Waals surface area contributed by atoms with Crippen molar-refractivity contribution in [2.45, 2.75) is 45.2 Å². The van der Waals surface area contributed by atoms with Gasteiger partial charge >= 0.3 is 0 Å². The Kier molecular flexibility index (Phi) is 7.58. The van der Waals surface area contributed by atoms with Gasteiger partial charge in [-0.15, -0.1) is 12.4 Å². The number of likely N-dealkylation sites (tertiary alicyclic amines) is 1. The van der Waals surface area contributed by atoms with Crippen LogP contribution >= 0.6 is 12.4 Å². The van der Waals surface area contributed by atoms with Gasteiger partial charge in [-0.05, 0) is 24.8 Å². The third-order valence-corrected chi connectivity index (χ3v) is 4.46. The number of nitrogens with two attached hydrogens (primary N) is 1. The average Bonchev–Trinajstić information content (AvgIpc) is 3.07. The minimum absolute atomic E-state index is 0.